The molecule has 1 aliphatic carbocycles. The molecule has 29 heavy (non-hydrogen) atoms. The third-order valence-corrected chi connectivity index (χ3v) is 6.34. The van der Waals surface area contributed by atoms with E-state index in [0.717, 1.165) is 32.7 Å². The van der Waals surface area contributed by atoms with E-state index in [1.54, 1.807) is 0 Å². The summed E-state index contributed by atoms with van der Waals surface area (Å²) in [6, 6.07) is 17.1. The van der Waals surface area contributed by atoms with Crippen molar-refractivity contribution in [2.24, 2.45) is 0 Å². The summed E-state index contributed by atoms with van der Waals surface area (Å²) in [5, 5.41) is 13.9. The standard InChI is InChI=1S/C23H21NO4S/c1-14-10-11-29-21(14)12-20(22(25)26)24-23(27)28-13-19-17-8-4-2-6-15(17)16-7-3-5-9-18(16)19/h2-11,19-20H,12-13H2,1H3,(H,24,27)(H,25,26)/t20-/m1/s1. The number of hydrogen-bond donors (Lipinski definition) is 2. The number of carbonyl (C=O) groups excluding carboxylic acids is 1. The van der Waals surface area contributed by atoms with Gasteiger partial charge in [0.2, 0.25) is 0 Å². The molecule has 1 amide bonds. The van der Waals surface area contributed by atoms with Gasteiger partial charge in [-0.25, -0.2) is 9.59 Å². The van der Waals surface area contributed by atoms with Crippen molar-refractivity contribution in [2.45, 2.75) is 25.3 Å². The predicted octanol–water partition coefficient (Wildman–Crippen LogP) is 4.59. The average molecular weight is 407 g/mol. The Bertz CT molecular complexity index is 1010. The van der Waals surface area contributed by atoms with Gasteiger partial charge >= 0.3 is 12.1 Å². The number of nitrogens with one attached hydrogen (secondary N) is 1. The minimum absolute atomic E-state index is 0.0593. The van der Waals surface area contributed by atoms with E-state index in [4.69, 9.17) is 4.74 Å². The summed E-state index contributed by atoms with van der Waals surface area (Å²) in [6.07, 6.45) is -0.475. The topological polar surface area (TPSA) is 75.6 Å². The molecule has 4 rings (SSSR count). The maximum absolute atomic E-state index is 12.4. The highest BCUT2D eigenvalue weighted by Crippen LogP contribution is 2.44. The molecule has 0 bridgehead atoms. The first-order valence-electron chi connectivity index (χ1n) is 9.42. The van der Waals surface area contributed by atoms with Gasteiger partial charge in [-0.1, -0.05) is 48.5 Å². The third-order valence-electron chi connectivity index (χ3n) is 5.29. The number of carbonyl (C=O) groups is 2. The minimum atomic E-state index is -1.08. The van der Waals surface area contributed by atoms with Crippen molar-refractivity contribution < 1.29 is 19.4 Å². The molecular weight excluding hydrogens is 386 g/mol. The predicted molar refractivity (Wildman–Crippen MR) is 112 cm³/mol. The molecule has 2 N–H and O–H groups in total. The number of carboxylic acid groups (broad SMARTS) is 1. The minimum Gasteiger partial charge on any atom is -0.480 e. The summed E-state index contributed by atoms with van der Waals surface area (Å²) in [7, 11) is 0. The molecule has 5 nitrogen and oxygen atoms in total. The Morgan fingerprint density at radius 3 is 2.24 bits per heavy atom. The van der Waals surface area contributed by atoms with Crippen molar-refractivity contribution >= 4 is 23.4 Å². The molecule has 3 aromatic rings. The molecule has 0 unspecified atom stereocenters. The molecule has 6 heteroatoms. The van der Waals surface area contributed by atoms with Crippen molar-refractivity contribution in [3.63, 3.8) is 0 Å². The van der Waals surface area contributed by atoms with Crippen molar-refractivity contribution in [1.29, 1.82) is 0 Å². The summed E-state index contributed by atoms with van der Waals surface area (Å²) in [5.41, 5.74) is 5.55. The molecule has 1 aliphatic rings. The van der Waals surface area contributed by atoms with Crippen LogP contribution in [0.5, 0.6) is 0 Å². The van der Waals surface area contributed by atoms with Crippen molar-refractivity contribution in [3.05, 3.63) is 81.5 Å². The summed E-state index contributed by atoms with van der Waals surface area (Å²) >= 11 is 1.49. The zero-order chi connectivity index (χ0) is 20.4. The quantitative estimate of drug-likeness (QED) is 0.627. The van der Waals surface area contributed by atoms with Crippen molar-refractivity contribution in [2.75, 3.05) is 6.61 Å². The van der Waals surface area contributed by atoms with Crippen LogP contribution >= 0.6 is 11.3 Å². The van der Waals surface area contributed by atoms with Gasteiger partial charge < -0.3 is 15.2 Å². The second kappa shape index (κ2) is 8.09. The first-order chi connectivity index (χ1) is 14.0. The van der Waals surface area contributed by atoms with Crippen LogP contribution in [-0.2, 0) is 16.0 Å². The highest BCUT2D eigenvalue weighted by Gasteiger charge is 2.30. The molecule has 1 atom stereocenters. The molecule has 0 aliphatic heterocycles. The van der Waals surface area contributed by atoms with Crippen LogP contribution in [0.4, 0.5) is 4.79 Å². The third kappa shape index (κ3) is 3.89. The monoisotopic (exact) mass is 407 g/mol. The molecule has 148 valence electrons. The van der Waals surface area contributed by atoms with E-state index in [-0.39, 0.29) is 18.9 Å². The summed E-state index contributed by atoms with van der Waals surface area (Å²) in [4.78, 5) is 24.9. The molecule has 0 saturated heterocycles. The fraction of sp³-hybridized carbons (Fsp3) is 0.217. The normalized spacial score (nSPS) is 13.4. The van der Waals surface area contributed by atoms with Gasteiger partial charge in [-0.2, -0.15) is 0 Å². The number of ether oxygens (including phenoxy) is 1. The molecule has 2 aromatic carbocycles. The fourth-order valence-electron chi connectivity index (χ4n) is 3.78. The second-order valence-electron chi connectivity index (χ2n) is 7.09. The van der Waals surface area contributed by atoms with Gasteiger partial charge in [-0.15, -0.1) is 11.3 Å². The average Bonchev–Trinajstić information content (AvgIpc) is 3.27. The SMILES string of the molecule is Cc1ccsc1C[C@@H](NC(=O)OCC1c2ccccc2-c2ccccc21)C(=O)O. The van der Waals surface area contributed by atoms with Crippen LogP contribution in [0, 0.1) is 6.92 Å². The number of amides is 1. The molecule has 0 radical (unpaired) electrons. The molecule has 0 saturated carbocycles. The Hall–Kier alpha value is -3.12. The summed E-state index contributed by atoms with van der Waals surface area (Å²) in [6.45, 7) is 2.09. The summed E-state index contributed by atoms with van der Waals surface area (Å²) in [5.74, 6) is -1.14. The van der Waals surface area contributed by atoms with Gasteiger partial charge in [0.15, 0.2) is 0 Å². The van der Waals surface area contributed by atoms with Gasteiger partial charge in [0.25, 0.3) is 0 Å². The highest BCUT2D eigenvalue weighted by atomic mass is 32.1. The molecule has 1 heterocycles. The van der Waals surface area contributed by atoms with Crippen LogP contribution in [0.3, 0.4) is 0 Å². The van der Waals surface area contributed by atoms with Gasteiger partial charge in [-0.3, -0.25) is 0 Å². The van der Waals surface area contributed by atoms with Gasteiger partial charge in [0, 0.05) is 17.2 Å². The zero-order valence-electron chi connectivity index (χ0n) is 15.9. The number of aliphatic carboxylic acids is 1. The van der Waals surface area contributed by atoms with Gasteiger partial charge in [0.05, 0.1) is 0 Å². The van der Waals surface area contributed by atoms with Crippen LogP contribution < -0.4 is 5.32 Å². The molecule has 1 aromatic heterocycles. The Balaban J connectivity index is 1.44. The Kier molecular flexibility index (Phi) is 5.36. The van der Waals surface area contributed by atoms with E-state index in [1.807, 2.05) is 54.8 Å². The lowest BCUT2D eigenvalue weighted by atomic mass is 9.98. The highest BCUT2D eigenvalue weighted by molar-refractivity contribution is 7.10. The van der Waals surface area contributed by atoms with Crippen LogP contribution in [0.25, 0.3) is 11.1 Å². The number of alkyl carbamates (subject to hydrolysis) is 1. The van der Waals surface area contributed by atoms with E-state index in [0.29, 0.717) is 0 Å². The lowest BCUT2D eigenvalue weighted by Crippen LogP contribution is -2.42. The lowest BCUT2D eigenvalue weighted by molar-refractivity contribution is -0.139. The maximum atomic E-state index is 12.4. The van der Waals surface area contributed by atoms with E-state index in [1.165, 1.54) is 11.3 Å². The van der Waals surface area contributed by atoms with E-state index in [2.05, 4.69) is 17.4 Å². The van der Waals surface area contributed by atoms with Gasteiger partial charge in [-0.05, 0) is 46.2 Å². The van der Waals surface area contributed by atoms with Crippen molar-refractivity contribution in [3.8, 4) is 11.1 Å². The Morgan fingerprint density at radius 2 is 1.69 bits per heavy atom. The first-order valence-corrected chi connectivity index (χ1v) is 10.3. The summed E-state index contributed by atoms with van der Waals surface area (Å²) < 4.78 is 5.46. The zero-order valence-corrected chi connectivity index (χ0v) is 16.7. The molecule has 0 spiro atoms. The maximum Gasteiger partial charge on any atom is 0.407 e. The van der Waals surface area contributed by atoms with Crippen LogP contribution in [0.1, 0.15) is 27.5 Å². The first kappa shape index (κ1) is 19.2. The lowest BCUT2D eigenvalue weighted by Gasteiger charge is -2.17. The van der Waals surface area contributed by atoms with Crippen LogP contribution in [0.15, 0.2) is 60.0 Å². The van der Waals surface area contributed by atoms with Crippen LogP contribution in [0.2, 0.25) is 0 Å². The number of carboxylic acids is 1. The number of hydrogen-bond acceptors (Lipinski definition) is 4. The number of thiophene rings is 1. The van der Waals surface area contributed by atoms with E-state index < -0.39 is 18.1 Å². The molecular formula is C23H21NO4S. The largest absolute Gasteiger partial charge is 0.480 e. The van der Waals surface area contributed by atoms with Crippen LogP contribution in [-0.4, -0.2) is 29.8 Å². The van der Waals surface area contributed by atoms with E-state index >= 15 is 0 Å². The Labute approximate surface area is 173 Å². The Morgan fingerprint density at radius 1 is 1.07 bits per heavy atom. The smallest absolute Gasteiger partial charge is 0.407 e. The number of aryl methyl sites for hydroxylation is 1. The number of benzene rings is 2. The second-order valence-corrected chi connectivity index (χ2v) is 8.09. The number of fused-ring (bicyclic) bond motifs is 3. The van der Waals surface area contributed by atoms with Gasteiger partial charge in [0.1, 0.15) is 12.6 Å². The fourth-order valence-corrected chi connectivity index (χ4v) is 4.73. The number of rotatable bonds is 6. The molecule has 0 fully saturated rings. The van der Waals surface area contributed by atoms with Crippen molar-refractivity contribution in [1.82, 2.24) is 5.32 Å². The van der Waals surface area contributed by atoms with E-state index in [9.17, 15) is 14.7 Å².